The van der Waals surface area contributed by atoms with Crippen LogP contribution in [-0.4, -0.2) is 33.1 Å². The van der Waals surface area contributed by atoms with Gasteiger partial charge in [-0.15, -0.1) is 0 Å². The number of rotatable bonds is 2. The van der Waals surface area contributed by atoms with Gasteiger partial charge >= 0.3 is 12.0 Å². The second-order valence-electron chi connectivity index (χ2n) is 1.81. The van der Waals surface area contributed by atoms with Crippen molar-refractivity contribution in [2.24, 2.45) is 0 Å². The third kappa shape index (κ3) is 1.57. The maximum atomic E-state index is 10.4. The minimum Gasteiger partial charge on any atom is -0.475 e. The van der Waals surface area contributed by atoms with E-state index in [2.05, 4.69) is 19.7 Å². The van der Waals surface area contributed by atoms with E-state index in [4.69, 9.17) is 10.8 Å². The van der Waals surface area contributed by atoms with Crippen molar-refractivity contribution < 1.29 is 14.6 Å². The number of ether oxygens (including phenoxy) is 1. The van der Waals surface area contributed by atoms with Crippen molar-refractivity contribution in [1.82, 2.24) is 15.0 Å². The molecule has 1 aromatic heterocycles. The number of nitrogens with two attached hydrogens (primary N) is 1. The SMILES string of the molecule is COc1nc(N)nc(C(=O)O)n1. The van der Waals surface area contributed by atoms with Crippen LogP contribution in [0.1, 0.15) is 10.6 Å². The molecular formula is C5H6N4O3. The molecule has 0 unspecified atom stereocenters. The monoisotopic (exact) mass is 170 g/mol. The van der Waals surface area contributed by atoms with Gasteiger partial charge in [-0.05, 0) is 0 Å². The van der Waals surface area contributed by atoms with E-state index < -0.39 is 11.8 Å². The van der Waals surface area contributed by atoms with Crippen molar-refractivity contribution in [1.29, 1.82) is 0 Å². The average molecular weight is 170 g/mol. The first kappa shape index (κ1) is 8.18. The van der Waals surface area contributed by atoms with E-state index >= 15 is 0 Å². The number of methoxy groups -OCH3 is 1. The van der Waals surface area contributed by atoms with Crippen molar-refractivity contribution in [2.75, 3.05) is 12.8 Å². The molecule has 0 saturated heterocycles. The van der Waals surface area contributed by atoms with Gasteiger partial charge in [-0.1, -0.05) is 0 Å². The van der Waals surface area contributed by atoms with Gasteiger partial charge in [0.05, 0.1) is 7.11 Å². The van der Waals surface area contributed by atoms with Crippen LogP contribution in [0.15, 0.2) is 0 Å². The summed E-state index contributed by atoms with van der Waals surface area (Å²) in [5.41, 5.74) is 5.17. The fraction of sp³-hybridized carbons (Fsp3) is 0.200. The second-order valence-corrected chi connectivity index (χ2v) is 1.81. The highest BCUT2D eigenvalue weighted by atomic mass is 16.5. The Kier molecular flexibility index (Phi) is 2.04. The first-order chi connectivity index (χ1) is 5.63. The van der Waals surface area contributed by atoms with Crippen LogP contribution >= 0.6 is 0 Å². The fourth-order valence-electron chi connectivity index (χ4n) is 0.559. The maximum absolute atomic E-state index is 10.4. The molecular weight excluding hydrogens is 164 g/mol. The van der Waals surface area contributed by atoms with E-state index in [1.165, 1.54) is 7.11 Å². The summed E-state index contributed by atoms with van der Waals surface area (Å²) in [6.07, 6.45) is 0. The number of nitrogens with zero attached hydrogens (tertiary/aromatic N) is 3. The summed E-state index contributed by atoms with van der Waals surface area (Å²) in [6, 6.07) is -0.111. The normalized spacial score (nSPS) is 9.42. The van der Waals surface area contributed by atoms with Crippen LogP contribution in [0.3, 0.4) is 0 Å². The van der Waals surface area contributed by atoms with Gasteiger partial charge in [0.15, 0.2) is 0 Å². The van der Waals surface area contributed by atoms with Crippen LogP contribution in [0.25, 0.3) is 0 Å². The Hall–Kier alpha value is -1.92. The number of hydrogen-bond acceptors (Lipinski definition) is 6. The van der Waals surface area contributed by atoms with Crippen LogP contribution in [0, 0.1) is 0 Å². The predicted molar refractivity (Wildman–Crippen MR) is 37.8 cm³/mol. The Morgan fingerprint density at radius 3 is 2.67 bits per heavy atom. The van der Waals surface area contributed by atoms with E-state index in [1.54, 1.807) is 0 Å². The largest absolute Gasteiger partial charge is 0.475 e. The highest BCUT2D eigenvalue weighted by Gasteiger charge is 2.10. The number of anilines is 1. The molecule has 1 aromatic rings. The minimum absolute atomic E-state index is 0.111. The molecule has 7 nitrogen and oxygen atoms in total. The average Bonchev–Trinajstić information content (AvgIpc) is 2.03. The molecule has 0 aliphatic heterocycles. The lowest BCUT2D eigenvalue weighted by molar-refractivity contribution is 0.0682. The molecule has 0 fully saturated rings. The molecule has 7 heteroatoms. The van der Waals surface area contributed by atoms with Gasteiger partial charge in [0, 0.05) is 0 Å². The predicted octanol–water partition coefficient (Wildman–Crippen LogP) is -0.839. The van der Waals surface area contributed by atoms with Crippen LogP contribution in [0.4, 0.5) is 5.95 Å². The van der Waals surface area contributed by atoms with Gasteiger partial charge in [-0.2, -0.15) is 15.0 Å². The zero-order valence-corrected chi connectivity index (χ0v) is 6.18. The third-order valence-electron chi connectivity index (χ3n) is 1.01. The maximum Gasteiger partial charge on any atom is 0.374 e. The summed E-state index contributed by atoms with van der Waals surface area (Å²) in [6.45, 7) is 0. The molecule has 0 amide bonds. The van der Waals surface area contributed by atoms with E-state index in [1.807, 2.05) is 0 Å². The lowest BCUT2D eigenvalue weighted by atomic mass is 10.6. The smallest absolute Gasteiger partial charge is 0.374 e. The summed E-state index contributed by atoms with van der Waals surface area (Å²) < 4.78 is 4.58. The number of aromatic carboxylic acids is 1. The molecule has 64 valence electrons. The molecule has 0 bridgehead atoms. The molecule has 0 saturated carbocycles. The standard InChI is InChI=1S/C5H6N4O3/c1-12-5-8-2(3(10)11)7-4(6)9-5/h1H3,(H,10,11)(H2,6,7,8,9). The molecule has 12 heavy (non-hydrogen) atoms. The Morgan fingerprint density at radius 1 is 1.50 bits per heavy atom. The Balaban J connectivity index is 3.15. The second kappa shape index (κ2) is 2.99. The highest BCUT2D eigenvalue weighted by Crippen LogP contribution is 2.03. The zero-order valence-electron chi connectivity index (χ0n) is 6.18. The van der Waals surface area contributed by atoms with Crippen molar-refractivity contribution in [3.05, 3.63) is 5.82 Å². The van der Waals surface area contributed by atoms with Crippen molar-refractivity contribution >= 4 is 11.9 Å². The first-order valence-electron chi connectivity index (χ1n) is 2.92. The van der Waals surface area contributed by atoms with Crippen LogP contribution in [0.5, 0.6) is 6.01 Å². The topological polar surface area (TPSA) is 111 Å². The molecule has 0 aromatic carbocycles. The zero-order chi connectivity index (χ0) is 9.14. The molecule has 0 spiro atoms. The van der Waals surface area contributed by atoms with E-state index in [0.29, 0.717) is 0 Å². The number of aromatic nitrogens is 3. The lowest BCUT2D eigenvalue weighted by Gasteiger charge is -1.98. The lowest BCUT2D eigenvalue weighted by Crippen LogP contribution is -2.09. The van der Waals surface area contributed by atoms with Gasteiger partial charge in [0.1, 0.15) is 0 Å². The first-order valence-corrected chi connectivity index (χ1v) is 2.92. The summed E-state index contributed by atoms with van der Waals surface area (Å²) in [5, 5.41) is 8.47. The summed E-state index contributed by atoms with van der Waals surface area (Å²) in [7, 11) is 1.31. The molecule has 0 aliphatic rings. The summed E-state index contributed by atoms with van der Waals surface area (Å²) in [4.78, 5) is 20.6. The number of hydrogen-bond donors (Lipinski definition) is 2. The third-order valence-corrected chi connectivity index (χ3v) is 1.01. The van der Waals surface area contributed by atoms with Crippen molar-refractivity contribution in [2.45, 2.75) is 0 Å². The van der Waals surface area contributed by atoms with Crippen LogP contribution in [0.2, 0.25) is 0 Å². The highest BCUT2D eigenvalue weighted by molar-refractivity contribution is 5.83. The summed E-state index contributed by atoms with van der Waals surface area (Å²) in [5.74, 6) is -1.89. The molecule has 0 aliphatic carbocycles. The van der Waals surface area contributed by atoms with Crippen molar-refractivity contribution in [3.63, 3.8) is 0 Å². The van der Waals surface area contributed by atoms with Crippen LogP contribution in [-0.2, 0) is 0 Å². The Labute approximate surface area is 67.2 Å². The molecule has 0 atom stereocenters. The quantitative estimate of drug-likeness (QED) is 0.595. The molecule has 3 N–H and O–H groups in total. The van der Waals surface area contributed by atoms with Gasteiger partial charge in [-0.3, -0.25) is 0 Å². The number of carboxylic acid groups (broad SMARTS) is 1. The van der Waals surface area contributed by atoms with Gasteiger partial charge in [-0.25, -0.2) is 4.79 Å². The molecule has 1 heterocycles. The number of carbonyl (C=O) groups is 1. The Bertz CT molecular complexity index is 314. The summed E-state index contributed by atoms with van der Waals surface area (Å²) >= 11 is 0. The van der Waals surface area contributed by atoms with Crippen LogP contribution < -0.4 is 10.5 Å². The van der Waals surface area contributed by atoms with Crippen molar-refractivity contribution in [3.8, 4) is 6.01 Å². The van der Waals surface area contributed by atoms with Gasteiger partial charge in [0.25, 0.3) is 0 Å². The molecule has 0 radical (unpaired) electrons. The van der Waals surface area contributed by atoms with Gasteiger partial charge in [0.2, 0.25) is 11.8 Å². The van der Waals surface area contributed by atoms with E-state index in [0.717, 1.165) is 0 Å². The minimum atomic E-state index is -1.28. The fourth-order valence-corrected chi connectivity index (χ4v) is 0.559. The van der Waals surface area contributed by atoms with E-state index in [-0.39, 0.29) is 12.0 Å². The van der Waals surface area contributed by atoms with Gasteiger partial charge < -0.3 is 15.6 Å². The number of nitrogen functional groups attached to an aromatic ring is 1. The Morgan fingerprint density at radius 2 is 2.17 bits per heavy atom. The van der Waals surface area contributed by atoms with E-state index in [9.17, 15) is 4.79 Å². The number of carboxylic acids is 1. The molecule has 1 rings (SSSR count).